The molecule has 26 heavy (non-hydrogen) atoms. The molecule has 0 bridgehead atoms. The first-order chi connectivity index (χ1) is 12.3. The zero-order valence-electron chi connectivity index (χ0n) is 14.8. The van der Waals surface area contributed by atoms with E-state index in [9.17, 15) is 19.7 Å². The molecule has 2 aromatic carbocycles. The van der Waals surface area contributed by atoms with Crippen molar-refractivity contribution in [3.63, 3.8) is 0 Å². The molecular weight excluding hydrogens is 336 g/mol. The minimum absolute atomic E-state index is 0.0461. The van der Waals surface area contributed by atoms with E-state index in [1.54, 1.807) is 51.4 Å². The monoisotopic (exact) mass is 356 g/mol. The van der Waals surface area contributed by atoms with Gasteiger partial charge in [-0.05, 0) is 30.7 Å². The van der Waals surface area contributed by atoms with E-state index in [0.29, 0.717) is 23.4 Å². The third-order valence-electron chi connectivity index (χ3n) is 3.95. The third kappa shape index (κ3) is 4.35. The first-order valence-corrected chi connectivity index (χ1v) is 7.90. The molecule has 0 spiro atoms. The van der Waals surface area contributed by atoms with Crippen molar-refractivity contribution in [2.75, 3.05) is 19.4 Å². The highest BCUT2D eigenvalue weighted by Crippen LogP contribution is 2.25. The molecule has 8 nitrogen and oxygen atoms in total. The number of amides is 3. The molecule has 0 aliphatic carbocycles. The Kier molecular flexibility index (Phi) is 5.90. The van der Waals surface area contributed by atoms with E-state index < -0.39 is 4.92 Å². The predicted molar refractivity (Wildman–Crippen MR) is 98.2 cm³/mol. The lowest BCUT2D eigenvalue weighted by atomic mass is 10.1. The molecule has 0 unspecified atom stereocenters. The van der Waals surface area contributed by atoms with Crippen LogP contribution in [0.5, 0.6) is 0 Å². The van der Waals surface area contributed by atoms with Crippen molar-refractivity contribution in [3.8, 4) is 0 Å². The van der Waals surface area contributed by atoms with Crippen molar-refractivity contribution in [1.82, 2.24) is 10.2 Å². The standard InChI is InChI=1S/C18H20N4O4/c1-12-15(5-4-6-16(12)22(25)26)20-18(24)21(3)11-13-7-9-14(10-8-13)17(23)19-2/h4-10H,11H2,1-3H3,(H,19,23)(H,20,24). The number of carbonyl (C=O) groups is 2. The Hall–Kier alpha value is -3.42. The summed E-state index contributed by atoms with van der Waals surface area (Å²) in [6.45, 7) is 1.92. The quantitative estimate of drug-likeness (QED) is 0.635. The molecule has 0 atom stereocenters. The van der Waals surface area contributed by atoms with Crippen LogP contribution in [-0.2, 0) is 6.54 Å². The van der Waals surface area contributed by atoms with Gasteiger partial charge in [0.1, 0.15) is 0 Å². The number of hydrogen-bond acceptors (Lipinski definition) is 4. The van der Waals surface area contributed by atoms with Gasteiger partial charge in [-0.25, -0.2) is 4.79 Å². The largest absolute Gasteiger partial charge is 0.355 e. The van der Waals surface area contributed by atoms with Crippen molar-refractivity contribution < 1.29 is 14.5 Å². The molecule has 2 N–H and O–H groups in total. The van der Waals surface area contributed by atoms with Gasteiger partial charge in [-0.1, -0.05) is 18.2 Å². The molecule has 0 aliphatic heterocycles. The van der Waals surface area contributed by atoms with E-state index in [-0.39, 0.29) is 17.6 Å². The van der Waals surface area contributed by atoms with E-state index in [0.717, 1.165) is 5.56 Å². The Morgan fingerprint density at radius 1 is 1.15 bits per heavy atom. The summed E-state index contributed by atoms with van der Waals surface area (Å²) in [6, 6.07) is 11.1. The van der Waals surface area contributed by atoms with Gasteiger partial charge in [0.25, 0.3) is 11.6 Å². The number of nitrogens with one attached hydrogen (secondary N) is 2. The fourth-order valence-electron chi connectivity index (χ4n) is 2.42. The van der Waals surface area contributed by atoms with Crippen LogP contribution in [0.2, 0.25) is 0 Å². The van der Waals surface area contributed by atoms with Crippen LogP contribution < -0.4 is 10.6 Å². The van der Waals surface area contributed by atoms with Gasteiger partial charge in [-0.2, -0.15) is 0 Å². The summed E-state index contributed by atoms with van der Waals surface area (Å²) in [5.74, 6) is -0.177. The lowest BCUT2D eigenvalue weighted by molar-refractivity contribution is -0.385. The number of anilines is 1. The molecule has 0 heterocycles. The molecule has 0 saturated heterocycles. The van der Waals surface area contributed by atoms with Gasteiger partial charge in [0.15, 0.2) is 0 Å². The Morgan fingerprint density at radius 3 is 2.38 bits per heavy atom. The summed E-state index contributed by atoms with van der Waals surface area (Å²) in [5.41, 5.74) is 2.14. The van der Waals surface area contributed by atoms with Gasteiger partial charge in [0.05, 0.1) is 16.2 Å². The first-order valence-electron chi connectivity index (χ1n) is 7.90. The SMILES string of the molecule is CNC(=O)c1ccc(CN(C)C(=O)Nc2cccc([N+](=O)[O-])c2C)cc1. The highest BCUT2D eigenvalue weighted by Gasteiger charge is 2.16. The predicted octanol–water partition coefficient (Wildman–Crippen LogP) is 2.93. The second kappa shape index (κ2) is 8.11. The summed E-state index contributed by atoms with van der Waals surface area (Å²) in [4.78, 5) is 35.8. The fraction of sp³-hybridized carbons (Fsp3) is 0.222. The van der Waals surface area contributed by atoms with Crippen LogP contribution in [0.15, 0.2) is 42.5 Å². The van der Waals surface area contributed by atoms with Crippen molar-refractivity contribution in [2.45, 2.75) is 13.5 Å². The number of hydrogen-bond donors (Lipinski definition) is 2. The van der Waals surface area contributed by atoms with Crippen LogP contribution in [-0.4, -0.2) is 35.9 Å². The van der Waals surface area contributed by atoms with Crippen LogP contribution in [0, 0.1) is 17.0 Å². The third-order valence-corrected chi connectivity index (χ3v) is 3.95. The number of benzene rings is 2. The minimum Gasteiger partial charge on any atom is -0.355 e. The summed E-state index contributed by atoms with van der Waals surface area (Å²) in [7, 11) is 3.18. The van der Waals surface area contributed by atoms with Crippen LogP contribution in [0.4, 0.5) is 16.2 Å². The van der Waals surface area contributed by atoms with Gasteiger partial charge in [0.2, 0.25) is 0 Å². The number of nitro benzene ring substituents is 1. The van der Waals surface area contributed by atoms with Crippen molar-refractivity contribution in [1.29, 1.82) is 0 Å². The summed E-state index contributed by atoms with van der Waals surface area (Å²) in [5, 5.41) is 16.2. The zero-order chi connectivity index (χ0) is 19.3. The second-order valence-corrected chi connectivity index (χ2v) is 5.77. The molecule has 2 aromatic rings. The Bertz CT molecular complexity index is 834. The number of rotatable bonds is 5. The van der Waals surface area contributed by atoms with E-state index in [1.807, 2.05) is 0 Å². The molecule has 136 valence electrons. The molecule has 0 aliphatic rings. The average Bonchev–Trinajstić information content (AvgIpc) is 2.63. The molecule has 2 rings (SSSR count). The summed E-state index contributed by atoms with van der Waals surface area (Å²) >= 11 is 0. The summed E-state index contributed by atoms with van der Waals surface area (Å²) in [6.07, 6.45) is 0. The Balaban J connectivity index is 2.05. The molecule has 8 heteroatoms. The lowest BCUT2D eigenvalue weighted by Gasteiger charge is -2.19. The van der Waals surface area contributed by atoms with Gasteiger partial charge in [-0.15, -0.1) is 0 Å². The van der Waals surface area contributed by atoms with Crippen LogP contribution in [0.3, 0.4) is 0 Å². The maximum atomic E-state index is 12.4. The highest BCUT2D eigenvalue weighted by atomic mass is 16.6. The van der Waals surface area contributed by atoms with Crippen molar-refractivity contribution >= 4 is 23.3 Å². The van der Waals surface area contributed by atoms with E-state index in [2.05, 4.69) is 10.6 Å². The van der Waals surface area contributed by atoms with Gasteiger partial charge in [-0.3, -0.25) is 14.9 Å². The Labute approximate surface area is 151 Å². The number of urea groups is 1. The maximum absolute atomic E-state index is 12.4. The lowest BCUT2D eigenvalue weighted by Crippen LogP contribution is -2.31. The first kappa shape index (κ1) is 18.9. The molecule has 3 amide bonds. The number of nitro groups is 1. The van der Waals surface area contributed by atoms with Crippen LogP contribution in [0.1, 0.15) is 21.5 Å². The average molecular weight is 356 g/mol. The van der Waals surface area contributed by atoms with Crippen LogP contribution >= 0.6 is 0 Å². The van der Waals surface area contributed by atoms with Crippen molar-refractivity contribution in [2.24, 2.45) is 0 Å². The van der Waals surface area contributed by atoms with Crippen molar-refractivity contribution in [3.05, 3.63) is 69.3 Å². The second-order valence-electron chi connectivity index (χ2n) is 5.77. The zero-order valence-corrected chi connectivity index (χ0v) is 14.8. The molecule has 0 radical (unpaired) electrons. The minimum atomic E-state index is -0.483. The molecule has 0 aromatic heterocycles. The number of carbonyl (C=O) groups excluding carboxylic acids is 2. The van der Waals surface area contributed by atoms with Gasteiger partial charge in [0, 0.05) is 32.3 Å². The Morgan fingerprint density at radius 2 is 1.81 bits per heavy atom. The normalized spacial score (nSPS) is 10.1. The molecular formula is C18H20N4O4. The molecule has 0 saturated carbocycles. The maximum Gasteiger partial charge on any atom is 0.321 e. The number of nitrogens with zero attached hydrogens (tertiary/aromatic N) is 2. The van der Waals surface area contributed by atoms with E-state index >= 15 is 0 Å². The van der Waals surface area contributed by atoms with Gasteiger partial charge < -0.3 is 15.5 Å². The smallest absolute Gasteiger partial charge is 0.321 e. The highest BCUT2D eigenvalue weighted by molar-refractivity contribution is 5.94. The van der Waals surface area contributed by atoms with E-state index in [1.165, 1.54) is 17.0 Å². The fourth-order valence-corrected chi connectivity index (χ4v) is 2.42. The van der Waals surface area contributed by atoms with Crippen LogP contribution in [0.25, 0.3) is 0 Å². The van der Waals surface area contributed by atoms with E-state index in [4.69, 9.17) is 0 Å². The van der Waals surface area contributed by atoms with Gasteiger partial charge >= 0.3 is 6.03 Å². The topological polar surface area (TPSA) is 105 Å². The molecule has 0 fully saturated rings. The summed E-state index contributed by atoms with van der Waals surface area (Å²) < 4.78 is 0.